The Hall–Kier alpha value is -7.89. The molecule has 0 radical (unpaired) electrons. The van der Waals surface area contributed by atoms with Gasteiger partial charge in [0.1, 0.15) is 0 Å². The van der Waals surface area contributed by atoms with Crippen LogP contribution in [0.3, 0.4) is 0 Å². The van der Waals surface area contributed by atoms with Crippen LogP contribution in [0.5, 0.6) is 0 Å². The second kappa shape index (κ2) is 24.4. The first-order chi connectivity index (χ1) is 39.0. The van der Waals surface area contributed by atoms with Crippen LogP contribution in [0, 0.1) is 0 Å². The third kappa shape index (κ3) is 12.1. The van der Waals surface area contributed by atoms with Gasteiger partial charge in [-0.3, -0.25) is 0 Å². The summed E-state index contributed by atoms with van der Waals surface area (Å²) in [6, 6.07) is 88.6. The molecule has 0 aromatic heterocycles. The number of hydrogen-bond acceptors (Lipinski definition) is 9. The van der Waals surface area contributed by atoms with Gasteiger partial charge in [0, 0.05) is 42.9 Å². The Morgan fingerprint density at radius 3 is 1.04 bits per heavy atom. The highest BCUT2D eigenvalue weighted by Gasteiger charge is 2.32. The van der Waals surface area contributed by atoms with Gasteiger partial charge in [-0.25, -0.2) is 10.0 Å². The van der Waals surface area contributed by atoms with E-state index in [0.29, 0.717) is 24.3 Å². The standard InChI is InChI=1S/C70H58N4O2S3/c75-55(43-69-63-27-15-13-25-61(63)67-41-49(29-39-65(67)69)45-71-73(51-17-5-1-6-18-51)52-19-7-2-8-20-52)47-77-57-31-35-59(36-32-57)79-60-37-33-58(34-38-60)78-48-56(76)44-70-64-28-16-14-26-62(64)68-42-50(30-40-66(68)70)46-72-74(53-21-9-3-10-22-53)54-23-11-4-12-24-54/h1-42,45-46,55-56,69-70,75-76H,43-44,47-48H2/b71-45+,72-46+. The topological polar surface area (TPSA) is 71.7 Å². The quantitative estimate of drug-likeness (QED) is 0.0448. The number of thioether (sulfide) groups is 2. The Morgan fingerprint density at radius 1 is 0.354 bits per heavy atom. The van der Waals surface area contributed by atoms with E-state index in [0.717, 1.165) is 53.5 Å². The van der Waals surface area contributed by atoms with Crippen LogP contribution in [0.15, 0.2) is 285 Å². The molecule has 0 bridgehead atoms. The summed E-state index contributed by atoms with van der Waals surface area (Å²) in [5, 5.41) is 36.9. The maximum atomic E-state index is 11.5. The Bertz CT molecular complexity index is 3390. The number of benzene rings is 10. The molecule has 4 atom stereocenters. The lowest BCUT2D eigenvalue weighted by molar-refractivity contribution is 0.183. The summed E-state index contributed by atoms with van der Waals surface area (Å²) in [7, 11) is 0. The van der Waals surface area contributed by atoms with Gasteiger partial charge in [-0.2, -0.15) is 10.2 Å². The Kier molecular flexibility index (Phi) is 16.0. The van der Waals surface area contributed by atoms with E-state index in [-0.39, 0.29) is 11.8 Å². The molecule has 0 amide bonds. The molecule has 388 valence electrons. The van der Waals surface area contributed by atoms with E-state index in [9.17, 15) is 10.2 Å². The van der Waals surface area contributed by atoms with Crippen LogP contribution in [0.2, 0.25) is 0 Å². The van der Waals surface area contributed by atoms with Crippen LogP contribution >= 0.6 is 35.3 Å². The lowest BCUT2D eigenvalue weighted by Crippen LogP contribution is -2.14. The van der Waals surface area contributed by atoms with Gasteiger partial charge in [0.25, 0.3) is 0 Å². The molecule has 0 fully saturated rings. The number of aliphatic hydroxyl groups is 2. The highest BCUT2D eigenvalue weighted by Crippen LogP contribution is 2.49. The Labute approximate surface area is 476 Å². The summed E-state index contributed by atoms with van der Waals surface area (Å²) >= 11 is 5.14. The zero-order valence-corrected chi connectivity index (χ0v) is 45.9. The summed E-state index contributed by atoms with van der Waals surface area (Å²) < 4.78 is 0. The highest BCUT2D eigenvalue weighted by molar-refractivity contribution is 8.00. The third-order valence-corrected chi connectivity index (χ3v) is 17.9. The summed E-state index contributed by atoms with van der Waals surface area (Å²) in [6.07, 6.45) is 4.20. The van der Waals surface area contributed by atoms with Crippen LogP contribution in [-0.4, -0.2) is 46.4 Å². The maximum absolute atomic E-state index is 11.5. The first-order valence-electron chi connectivity index (χ1n) is 26.8. The summed E-state index contributed by atoms with van der Waals surface area (Å²) in [6.45, 7) is 0. The van der Waals surface area contributed by atoms with Gasteiger partial charge < -0.3 is 10.2 Å². The van der Waals surface area contributed by atoms with Gasteiger partial charge in [-0.15, -0.1) is 23.5 Å². The second-order valence-electron chi connectivity index (χ2n) is 19.9. The second-order valence-corrected chi connectivity index (χ2v) is 23.2. The van der Waals surface area contributed by atoms with Crippen molar-refractivity contribution in [2.24, 2.45) is 10.2 Å². The van der Waals surface area contributed by atoms with Crippen LogP contribution in [-0.2, 0) is 0 Å². The average molecular weight is 1080 g/mol. The number of fused-ring (bicyclic) bond motifs is 6. The van der Waals surface area contributed by atoms with Gasteiger partial charge in [0.05, 0.1) is 47.4 Å². The summed E-state index contributed by atoms with van der Waals surface area (Å²) in [4.78, 5) is 4.60. The fraction of sp³-hybridized carbons (Fsp3) is 0.114. The van der Waals surface area contributed by atoms with Crippen molar-refractivity contribution in [2.75, 3.05) is 21.5 Å². The van der Waals surface area contributed by atoms with Gasteiger partial charge in [-0.1, -0.05) is 157 Å². The minimum atomic E-state index is -0.485. The van der Waals surface area contributed by atoms with E-state index < -0.39 is 12.2 Å². The normalized spacial score (nSPS) is 14.9. The van der Waals surface area contributed by atoms with E-state index in [1.807, 2.05) is 95.2 Å². The van der Waals surface area contributed by atoms with Crippen molar-refractivity contribution in [3.8, 4) is 22.3 Å². The monoisotopic (exact) mass is 1080 g/mol. The van der Waals surface area contributed by atoms with Gasteiger partial charge >= 0.3 is 0 Å². The van der Waals surface area contributed by atoms with Crippen molar-refractivity contribution in [3.63, 3.8) is 0 Å². The molecule has 2 N–H and O–H groups in total. The predicted octanol–water partition coefficient (Wildman–Crippen LogP) is 17.5. The third-order valence-electron chi connectivity index (χ3n) is 14.6. The van der Waals surface area contributed by atoms with E-state index in [2.05, 4.69) is 182 Å². The summed E-state index contributed by atoms with van der Waals surface area (Å²) in [5.74, 6) is 1.44. The molecule has 0 saturated carbocycles. The average Bonchev–Trinajstić information content (AvgIpc) is 4.23. The van der Waals surface area contributed by atoms with Crippen molar-refractivity contribution < 1.29 is 10.2 Å². The minimum Gasteiger partial charge on any atom is -0.392 e. The summed E-state index contributed by atoms with van der Waals surface area (Å²) in [5.41, 5.74) is 15.9. The molecule has 0 saturated heterocycles. The van der Waals surface area contributed by atoms with E-state index in [4.69, 9.17) is 10.2 Å². The Balaban J connectivity index is 0.629. The van der Waals surface area contributed by atoms with Crippen molar-refractivity contribution in [3.05, 3.63) is 288 Å². The molecule has 9 heteroatoms. The smallest absolute Gasteiger partial charge is 0.0652 e. The first-order valence-corrected chi connectivity index (χ1v) is 29.6. The molecule has 4 unspecified atom stereocenters. The van der Waals surface area contributed by atoms with Crippen LogP contribution < -0.4 is 10.0 Å². The molecule has 0 spiro atoms. The van der Waals surface area contributed by atoms with E-state index in [1.165, 1.54) is 44.5 Å². The molecular formula is C70H58N4O2S3. The molecule has 2 aliphatic carbocycles. The molecule has 6 nitrogen and oxygen atoms in total. The highest BCUT2D eigenvalue weighted by atomic mass is 32.2. The molecule has 10 aromatic carbocycles. The molecule has 12 rings (SSSR count). The number of anilines is 4. The zero-order valence-electron chi connectivity index (χ0n) is 43.4. The number of hydrogen-bond donors (Lipinski definition) is 2. The fourth-order valence-electron chi connectivity index (χ4n) is 10.8. The number of hydrazone groups is 2. The van der Waals surface area contributed by atoms with E-state index in [1.54, 1.807) is 35.3 Å². The van der Waals surface area contributed by atoms with Gasteiger partial charge in [0.2, 0.25) is 0 Å². The lowest BCUT2D eigenvalue weighted by Gasteiger charge is -2.19. The predicted molar refractivity (Wildman–Crippen MR) is 332 cm³/mol. The van der Waals surface area contributed by atoms with Gasteiger partial charge in [0.15, 0.2) is 0 Å². The number of rotatable bonds is 20. The van der Waals surface area contributed by atoms with Crippen LogP contribution in [0.4, 0.5) is 22.7 Å². The minimum absolute atomic E-state index is 0.112. The van der Waals surface area contributed by atoms with Crippen molar-refractivity contribution in [1.82, 2.24) is 0 Å². The largest absolute Gasteiger partial charge is 0.392 e. The van der Waals surface area contributed by atoms with E-state index >= 15 is 0 Å². The molecule has 0 heterocycles. The molecular weight excluding hydrogens is 1020 g/mol. The number of nitrogens with zero attached hydrogens (tertiary/aromatic N) is 4. The lowest BCUT2D eigenvalue weighted by atomic mass is 9.91. The van der Waals surface area contributed by atoms with Gasteiger partial charge in [-0.05, 0) is 178 Å². The van der Waals surface area contributed by atoms with Crippen LogP contribution in [0.25, 0.3) is 22.3 Å². The number of aliphatic hydroxyl groups excluding tert-OH is 2. The molecule has 10 aromatic rings. The molecule has 79 heavy (non-hydrogen) atoms. The zero-order chi connectivity index (χ0) is 53.3. The maximum Gasteiger partial charge on any atom is 0.0652 e. The molecule has 2 aliphatic rings. The van der Waals surface area contributed by atoms with Crippen molar-refractivity contribution >= 4 is 70.5 Å². The van der Waals surface area contributed by atoms with Crippen LogP contribution in [0.1, 0.15) is 58.1 Å². The van der Waals surface area contributed by atoms with Crippen molar-refractivity contribution in [2.45, 2.75) is 56.5 Å². The fourth-order valence-corrected chi connectivity index (χ4v) is 13.3. The SMILES string of the molecule is OC(CSc1ccc(Sc2ccc(SCC(O)CC3c4ccccc4-c4cc(/C=N/N(c5ccccc5)c5ccccc5)ccc43)cc2)cc1)CC1c2ccccc2-c2cc(/C=N/N(c3ccccc3)c3ccccc3)ccc21. The first kappa shape index (κ1) is 51.8. The van der Waals surface area contributed by atoms with Crippen molar-refractivity contribution in [1.29, 1.82) is 0 Å². The molecule has 0 aliphatic heterocycles. The Morgan fingerprint density at radius 2 is 0.671 bits per heavy atom. The number of para-hydroxylation sites is 4.